The van der Waals surface area contributed by atoms with E-state index in [-0.39, 0.29) is 23.8 Å². The van der Waals surface area contributed by atoms with Crippen molar-refractivity contribution in [2.75, 3.05) is 26.2 Å². The third-order valence-corrected chi connectivity index (χ3v) is 7.71. The van der Waals surface area contributed by atoms with Crippen LogP contribution in [0, 0.1) is 0 Å². The molecule has 1 saturated heterocycles. The first-order valence-corrected chi connectivity index (χ1v) is 13.8. The van der Waals surface area contributed by atoms with E-state index in [1.54, 1.807) is 0 Å². The summed E-state index contributed by atoms with van der Waals surface area (Å²) in [6.45, 7) is 1.83. The van der Waals surface area contributed by atoms with Crippen LogP contribution >= 0.6 is 0 Å². The fourth-order valence-electron chi connectivity index (χ4n) is 5.63. The summed E-state index contributed by atoms with van der Waals surface area (Å²) >= 11 is 0. The second-order valence-corrected chi connectivity index (χ2v) is 10.5. The average molecular weight is 540 g/mol. The highest BCUT2D eigenvalue weighted by molar-refractivity contribution is 5.89. The van der Waals surface area contributed by atoms with Gasteiger partial charge in [-0.15, -0.1) is 0 Å². The van der Waals surface area contributed by atoms with Gasteiger partial charge in [-0.25, -0.2) is 0 Å². The van der Waals surface area contributed by atoms with Gasteiger partial charge in [0.25, 0.3) is 0 Å². The van der Waals surface area contributed by atoms with Crippen molar-refractivity contribution in [1.29, 1.82) is 0 Å². The minimum absolute atomic E-state index is 0.0458. The van der Waals surface area contributed by atoms with Crippen LogP contribution in [0.4, 0.5) is 0 Å². The van der Waals surface area contributed by atoms with Gasteiger partial charge in [-0.2, -0.15) is 0 Å². The zero-order valence-corrected chi connectivity index (χ0v) is 22.6. The van der Waals surface area contributed by atoms with Crippen molar-refractivity contribution in [3.63, 3.8) is 0 Å². The molecule has 0 bridgehead atoms. The van der Waals surface area contributed by atoms with Gasteiger partial charge in [0.05, 0.1) is 12.5 Å². The molecule has 1 aliphatic heterocycles. The highest BCUT2D eigenvalue weighted by Gasteiger charge is 2.34. The summed E-state index contributed by atoms with van der Waals surface area (Å²) in [6.07, 6.45) is 4.02. The smallest absolute Gasteiger partial charge is 0.240 e. The number of carbonyl (C=O) groups is 2. The van der Waals surface area contributed by atoms with Crippen LogP contribution in [0.25, 0.3) is 21.7 Å². The molecule has 9 heteroatoms. The van der Waals surface area contributed by atoms with Gasteiger partial charge in [-0.1, -0.05) is 60.7 Å². The molecule has 208 valence electrons. The Bertz CT molecular complexity index is 1520. The molecule has 2 atom stereocenters. The van der Waals surface area contributed by atoms with Crippen LogP contribution in [0.2, 0.25) is 0 Å². The number of aromatic amines is 1. The molecule has 0 saturated carbocycles. The molecule has 0 radical (unpaired) electrons. The van der Waals surface area contributed by atoms with E-state index in [2.05, 4.69) is 34.2 Å². The number of H-pyrrole nitrogens is 1. The SMILES string of the molecule is NC(N)=NCCC[C@H]1CN(C(=O)Cc2c[nH]c3ccccc23)CCN1C(=O)[C@H](N)Cc1ccc2ccccc2c1. The van der Waals surface area contributed by atoms with Crippen molar-refractivity contribution in [1.82, 2.24) is 14.8 Å². The minimum atomic E-state index is -0.671. The Balaban J connectivity index is 1.27. The maximum atomic E-state index is 13.6. The molecule has 3 aromatic carbocycles. The van der Waals surface area contributed by atoms with Gasteiger partial charge in [0.2, 0.25) is 11.8 Å². The summed E-state index contributed by atoms with van der Waals surface area (Å²) in [4.78, 5) is 38.0. The van der Waals surface area contributed by atoms with Crippen LogP contribution in [-0.2, 0) is 22.4 Å². The Kier molecular flexibility index (Phi) is 8.31. The van der Waals surface area contributed by atoms with E-state index in [1.165, 1.54) is 0 Å². The zero-order chi connectivity index (χ0) is 28.1. The number of amides is 2. The molecule has 0 spiro atoms. The lowest BCUT2D eigenvalue weighted by Crippen LogP contribution is -2.60. The minimum Gasteiger partial charge on any atom is -0.370 e. The van der Waals surface area contributed by atoms with E-state index < -0.39 is 6.04 Å². The van der Waals surface area contributed by atoms with Gasteiger partial charge in [-0.3, -0.25) is 14.6 Å². The molecule has 1 aliphatic rings. The quantitative estimate of drug-likeness (QED) is 0.147. The van der Waals surface area contributed by atoms with Crippen LogP contribution in [0.5, 0.6) is 0 Å². The summed E-state index contributed by atoms with van der Waals surface area (Å²) < 4.78 is 0. The van der Waals surface area contributed by atoms with E-state index in [9.17, 15) is 9.59 Å². The maximum Gasteiger partial charge on any atom is 0.240 e. The van der Waals surface area contributed by atoms with Gasteiger partial charge < -0.3 is 32.0 Å². The fraction of sp³-hybridized carbons (Fsp3) is 0.323. The largest absolute Gasteiger partial charge is 0.370 e. The number of fused-ring (bicyclic) bond motifs is 2. The maximum absolute atomic E-state index is 13.6. The van der Waals surface area contributed by atoms with E-state index in [0.717, 1.165) is 32.8 Å². The standard InChI is InChI=1S/C31H37N7O2/c32-27(17-21-11-12-22-6-1-2-7-23(22)16-21)30(40)38-15-14-37(20-25(38)8-5-13-35-31(33)34)29(39)18-24-19-36-28-10-4-3-9-26(24)28/h1-4,6-7,9-12,16,19,25,27,36H,5,8,13-15,17-18,20,32H2,(H4,33,34,35)/t25-,27+/m0/s1. The number of hydrogen-bond acceptors (Lipinski definition) is 4. The number of aromatic nitrogens is 1. The monoisotopic (exact) mass is 539 g/mol. The van der Waals surface area contributed by atoms with Gasteiger partial charge >= 0.3 is 0 Å². The molecule has 40 heavy (non-hydrogen) atoms. The Morgan fingerprint density at radius 1 is 1.00 bits per heavy atom. The molecule has 0 aliphatic carbocycles. The fourth-order valence-corrected chi connectivity index (χ4v) is 5.63. The lowest BCUT2D eigenvalue weighted by molar-refractivity contribution is -0.143. The third kappa shape index (κ3) is 6.26. The number of nitrogens with two attached hydrogens (primary N) is 3. The number of hydrogen-bond donors (Lipinski definition) is 4. The number of piperazine rings is 1. The Morgan fingerprint density at radius 3 is 2.60 bits per heavy atom. The van der Waals surface area contributed by atoms with Crippen molar-refractivity contribution >= 4 is 39.4 Å². The van der Waals surface area contributed by atoms with Gasteiger partial charge in [0, 0.05) is 49.3 Å². The lowest BCUT2D eigenvalue weighted by atomic mass is 9.99. The number of benzene rings is 3. The van der Waals surface area contributed by atoms with E-state index in [0.29, 0.717) is 51.9 Å². The van der Waals surface area contributed by atoms with E-state index >= 15 is 0 Å². The summed E-state index contributed by atoms with van der Waals surface area (Å²) in [5.41, 5.74) is 20.5. The molecule has 0 unspecified atom stereocenters. The molecule has 2 amide bonds. The summed E-state index contributed by atoms with van der Waals surface area (Å²) in [7, 11) is 0. The predicted octanol–water partition coefficient (Wildman–Crippen LogP) is 2.53. The second kappa shape index (κ2) is 12.2. The van der Waals surface area contributed by atoms with Crippen LogP contribution in [0.3, 0.4) is 0 Å². The van der Waals surface area contributed by atoms with Crippen LogP contribution in [0.15, 0.2) is 77.9 Å². The van der Waals surface area contributed by atoms with E-state index in [1.807, 2.05) is 58.5 Å². The molecule has 1 fully saturated rings. The highest BCUT2D eigenvalue weighted by atomic mass is 16.2. The summed E-state index contributed by atoms with van der Waals surface area (Å²) in [5, 5.41) is 3.33. The normalized spacial score (nSPS) is 16.3. The number of rotatable bonds is 9. The Hall–Kier alpha value is -4.37. The molecule has 2 heterocycles. The van der Waals surface area contributed by atoms with Gasteiger partial charge in [0.15, 0.2) is 5.96 Å². The number of para-hydroxylation sites is 1. The van der Waals surface area contributed by atoms with Crippen molar-refractivity contribution in [2.24, 2.45) is 22.2 Å². The first-order valence-electron chi connectivity index (χ1n) is 13.8. The number of nitrogens with zero attached hydrogens (tertiary/aromatic N) is 3. The first-order chi connectivity index (χ1) is 19.4. The number of aliphatic imine (C=N–C) groups is 1. The van der Waals surface area contributed by atoms with E-state index in [4.69, 9.17) is 17.2 Å². The molecule has 7 N–H and O–H groups in total. The predicted molar refractivity (Wildman–Crippen MR) is 160 cm³/mol. The Morgan fingerprint density at radius 2 is 1.77 bits per heavy atom. The van der Waals surface area contributed by atoms with Crippen LogP contribution in [-0.4, -0.2) is 70.8 Å². The molecule has 9 nitrogen and oxygen atoms in total. The third-order valence-electron chi connectivity index (χ3n) is 7.71. The summed E-state index contributed by atoms with van der Waals surface area (Å²) in [5.74, 6) is -0.000203. The number of guanidine groups is 1. The number of carbonyl (C=O) groups excluding carboxylic acids is 2. The molecule has 4 aromatic rings. The average Bonchev–Trinajstić information content (AvgIpc) is 3.37. The van der Waals surface area contributed by atoms with Crippen molar-refractivity contribution in [3.05, 3.63) is 84.1 Å². The molecular weight excluding hydrogens is 502 g/mol. The van der Waals surface area contributed by atoms with Crippen molar-refractivity contribution < 1.29 is 9.59 Å². The molecule has 1 aromatic heterocycles. The number of nitrogens with one attached hydrogen (secondary N) is 1. The molecular formula is C31H37N7O2. The van der Waals surface area contributed by atoms with Crippen LogP contribution < -0.4 is 17.2 Å². The second-order valence-electron chi connectivity index (χ2n) is 10.5. The van der Waals surface area contributed by atoms with Gasteiger partial charge in [0.1, 0.15) is 0 Å². The summed E-state index contributed by atoms with van der Waals surface area (Å²) in [6, 6.07) is 21.5. The topological polar surface area (TPSA) is 147 Å². The molecule has 5 rings (SSSR count). The zero-order valence-electron chi connectivity index (χ0n) is 22.6. The van der Waals surface area contributed by atoms with Gasteiger partial charge in [-0.05, 0) is 47.2 Å². The first kappa shape index (κ1) is 27.2. The highest BCUT2D eigenvalue weighted by Crippen LogP contribution is 2.22. The Labute approximate surface area is 234 Å². The lowest BCUT2D eigenvalue weighted by Gasteiger charge is -2.42. The van der Waals surface area contributed by atoms with Crippen molar-refractivity contribution in [3.8, 4) is 0 Å². The van der Waals surface area contributed by atoms with Crippen LogP contribution in [0.1, 0.15) is 24.0 Å². The van der Waals surface area contributed by atoms with Crippen molar-refractivity contribution in [2.45, 2.75) is 37.8 Å².